The average Bonchev–Trinajstić information content (AvgIpc) is 2.85. The maximum absolute atomic E-state index is 11.5. The first kappa shape index (κ1) is 35.8. The molecule has 0 amide bonds. The van der Waals surface area contributed by atoms with Crippen molar-refractivity contribution in [2.45, 2.75) is 135 Å². The van der Waals surface area contributed by atoms with Crippen molar-refractivity contribution in [3.05, 3.63) is 0 Å². The summed E-state index contributed by atoms with van der Waals surface area (Å²) in [6.07, 6.45) is 23.4. The summed E-state index contributed by atoms with van der Waals surface area (Å²) in [6.45, 7) is 6.50. The first-order chi connectivity index (χ1) is 17.5. The molecule has 0 bridgehead atoms. The molecular formula is C28H58O7S. The van der Waals surface area contributed by atoms with E-state index in [2.05, 4.69) is 6.92 Å². The van der Waals surface area contributed by atoms with E-state index < -0.39 is 15.6 Å². The Bertz CT molecular complexity index is 528. The second kappa shape index (κ2) is 27.8. The Hall–Kier alpha value is -0.250. The third-order valence-electron chi connectivity index (χ3n) is 6.34. The van der Waals surface area contributed by atoms with Crippen LogP contribution in [0, 0.1) is 0 Å². The normalized spacial score (nSPS) is 12.9. The van der Waals surface area contributed by atoms with Crippen LogP contribution in [0.4, 0.5) is 0 Å². The number of hydrogen-bond acceptors (Lipinski definition) is 6. The van der Waals surface area contributed by atoms with Crippen LogP contribution in [0.25, 0.3) is 0 Å². The zero-order valence-electron chi connectivity index (χ0n) is 23.6. The Kier molecular flexibility index (Phi) is 27.6. The standard InChI is InChI=1S/C28H58O7S/c1-3-5-6-7-8-9-10-11-12-13-14-15-16-17-18-19-20-21-22-35-28(36(29,30)31)27-34-26-25-33-24-23-32-4-2/h28H,3-27H2,1-2H3,(H,29,30,31). The van der Waals surface area contributed by atoms with Gasteiger partial charge in [-0.05, 0) is 13.3 Å². The Morgan fingerprint density at radius 2 is 0.917 bits per heavy atom. The van der Waals surface area contributed by atoms with E-state index in [4.69, 9.17) is 18.9 Å². The molecule has 36 heavy (non-hydrogen) atoms. The largest absolute Gasteiger partial charge is 0.379 e. The number of hydrogen-bond donors (Lipinski definition) is 1. The quantitative estimate of drug-likeness (QED) is 0.0756. The lowest BCUT2D eigenvalue weighted by atomic mass is 10.0. The Balaban J connectivity index is 3.46. The van der Waals surface area contributed by atoms with Crippen molar-refractivity contribution < 1.29 is 31.9 Å². The summed E-state index contributed by atoms with van der Waals surface area (Å²) in [5.41, 5.74) is -1.34. The molecule has 0 aliphatic carbocycles. The summed E-state index contributed by atoms with van der Waals surface area (Å²) in [5.74, 6) is 0. The Morgan fingerprint density at radius 1 is 0.528 bits per heavy atom. The molecular weight excluding hydrogens is 480 g/mol. The fourth-order valence-corrected chi connectivity index (χ4v) is 4.64. The molecule has 1 N–H and O–H groups in total. The van der Waals surface area contributed by atoms with Crippen LogP contribution in [0.15, 0.2) is 0 Å². The number of ether oxygens (including phenoxy) is 4. The SMILES string of the molecule is CCCCCCCCCCCCCCCCCCCCOC(COCCOCCOCC)S(=O)(=O)O. The molecule has 0 aliphatic heterocycles. The van der Waals surface area contributed by atoms with Gasteiger partial charge < -0.3 is 18.9 Å². The molecule has 0 aromatic rings. The summed E-state index contributed by atoms with van der Waals surface area (Å²) in [4.78, 5) is 0. The van der Waals surface area contributed by atoms with E-state index in [-0.39, 0.29) is 13.2 Å². The maximum Gasteiger partial charge on any atom is 0.294 e. The van der Waals surface area contributed by atoms with Crippen molar-refractivity contribution in [3.63, 3.8) is 0 Å². The zero-order chi connectivity index (χ0) is 26.6. The second-order valence-electron chi connectivity index (χ2n) is 9.71. The molecule has 0 heterocycles. The highest BCUT2D eigenvalue weighted by atomic mass is 32.2. The maximum atomic E-state index is 11.5. The molecule has 218 valence electrons. The van der Waals surface area contributed by atoms with Crippen molar-refractivity contribution in [3.8, 4) is 0 Å². The third kappa shape index (κ3) is 26.8. The summed E-state index contributed by atoms with van der Waals surface area (Å²) in [6, 6.07) is 0. The van der Waals surface area contributed by atoms with Crippen molar-refractivity contribution >= 4 is 10.1 Å². The van der Waals surface area contributed by atoms with E-state index in [0.29, 0.717) is 33.0 Å². The molecule has 0 radical (unpaired) electrons. The predicted molar refractivity (Wildman–Crippen MR) is 148 cm³/mol. The number of rotatable bonds is 30. The molecule has 1 unspecified atom stereocenters. The van der Waals surface area contributed by atoms with Crippen LogP contribution in [0.5, 0.6) is 0 Å². The van der Waals surface area contributed by atoms with E-state index in [9.17, 15) is 13.0 Å². The van der Waals surface area contributed by atoms with E-state index in [1.54, 1.807) is 0 Å². The summed E-state index contributed by atoms with van der Waals surface area (Å²) < 4.78 is 53.5. The van der Waals surface area contributed by atoms with Gasteiger partial charge in [0, 0.05) is 13.2 Å². The Labute approximate surface area is 223 Å². The first-order valence-corrected chi connectivity index (χ1v) is 16.3. The van der Waals surface area contributed by atoms with Gasteiger partial charge in [0.05, 0.1) is 33.0 Å². The lowest BCUT2D eigenvalue weighted by Gasteiger charge is -2.15. The molecule has 0 spiro atoms. The van der Waals surface area contributed by atoms with Crippen LogP contribution in [0.2, 0.25) is 0 Å². The fraction of sp³-hybridized carbons (Fsp3) is 1.00. The minimum absolute atomic E-state index is 0.202. The topological polar surface area (TPSA) is 91.3 Å². The van der Waals surface area contributed by atoms with Gasteiger partial charge >= 0.3 is 0 Å². The summed E-state index contributed by atoms with van der Waals surface area (Å²) in [5, 5.41) is 0. The first-order valence-electron chi connectivity index (χ1n) is 14.8. The molecule has 0 aromatic heterocycles. The molecule has 7 nitrogen and oxygen atoms in total. The highest BCUT2D eigenvalue weighted by Gasteiger charge is 2.23. The van der Waals surface area contributed by atoms with E-state index in [0.717, 1.165) is 19.3 Å². The monoisotopic (exact) mass is 538 g/mol. The minimum atomic E-state index is -4.30. The highest BCUT2D eigenvalue weighted by Crippen LogP contribution is 2.14. The minimum Gasteiger partial charge on any atom is -0.379 e. The highest BCUT2D eigenvalue weighted by molar-refractivity contribution is 7.86. The lowest BCUT2D eigenvalue weighted by Crippen LogP contribution is -2.30. The van der Waals surface area contributed by atoms with Gasteiger partial charge in [0.15, 0.2) is 0 Å². The van der Waals surface area contributed by atoms with Crippen molar-refractivity contribution in [1.29, 1.82) is 0 Å². The number of unbranched alkanes of at least 4 members (excludes halogenated alkanes) is 17. The van der Waals surface area contributed by atoms with Crippen LogP contribution in [-0.2, 0) is 29.1 Å². The smallest absolute Gasteiger partial charge is 0.294 e. The molecule has 0 aliphatic rings. The molecule has 0 saturated heterocycles. The lowest BCUT2D eigenvalue weighted by molar-refractivity contribution is -0.0132. The molecule has 8 heteroatoms. The van der Waals surface area contributed by atoms with E-state index in [1.807, 2.05) is 6.92 Å². The van der Waals surface area contributed by atoms with Crippen LogP contribution in [0.1, 0.15) is 129 Å². The van der Waals surface area contributed by atoms with Crippen molar-refractivity contribution in [2.75, 3.05) is 46.2 Å². The van der Waals surface area contributed by atoms with Crippen LogP contribution >= 0.6 is 0 Å². The second-order valence-corrected chi connectivity index (χ2v) is 11.3. The summed E-state index contributed by atoms with van der Waals surface area (Å²) in [7, 11) is -4.30. The molecule has 1 atom stereocenters. The molecule has 0 rings (SSSR count). The van der Waals surface area contributed by atoms with Crippen LogP contribution in [0.3, 0.4) is 0 Å². The third-order valence-corrected chi connectivity index (χ3v) is 7.27. The van der Waals surface area contributed by atoms with Gasteiger partial charge in [-0.25, -0.2) is 0 Å². The average molecular weight is 539 g/mol. The van der Waals surface area contributed by atoms with Crippen LogP contribution in [-0.4, -0.2) is 64.7 Å². The van der Waals surface area contributed by atoms with Gasteiger partial charge in [-0.15, -0.1) is 0 Å². The van der Waals surface area contributed by atoms with Gasteiger partial charge in [0.25, 0.3) is 10.1 Å². The molecule has 0 saturated carbocycles. The van der Waals surface area contributed by atoms with E-state index >= 15 is 0 Å². The Morgan fingerprint density at radius 3 is 1.33 bits per heavy atom. The van der Waals surface area contributed by atoms with Crippen molar-refractivity contribution in [1.82, 2.24) is 0 Å². The fourth-order valence-electron chi connectivity index (χ4n) is 4.10. The van der Waals surface area contributed by atoms with E-state index in [1.165, 1.54) is 96.3 Å². The van der Waals surface area contributed by atoms with Crippen molar-refractivity contribution in [2.24, 2.45) is 0 Å². The van der Waals surface area contributed by atoms with Gasteiger partial charge in [-0.3, -0.25) is 4.55 Å². The van der Waals surface area contributed by atoms with Gasteiger partial charge in [0.1, 0.15) is 0 Å². The zero-order valence-corrected chi connectivity index (χ0v) is 24.4. The molecule has 0 fully saturated rings. The predicted octanol–water partition coefficient (Wildman–Crippen LogP) is 7.33. The van der Waals surface area contributed by atoms with Gasteiger partial charge in [-0.2, -0.15) is 8.42 Å². The van der Waals surface area contributed by atoms with Gasteiger partial charge in [0.2, 0.25) is 5.44 Å². The molecule has 0 aromatic carbocycles. The van der Waals surface area contributed by atoms with Gasteiger partial charge in [-0.1, -0.05) is 116 Å². The summed E-state index contributed by atoms with van der Waals surface area (Å²) >= 11 is 0. The van der Waals surface area contributed by atoms with Crippen LogP contribution < -0.4 is 0 Å².